The number of carbonyl (C=O) groups excluding carboxylic acids is 1. The van der Waals surface area contributed by atoms with Crippen LogP contribution in [-0.4, -0.2) is 26.7 Å². The van der Waals surface area contributed by atoms with Gasteiger partial charge in [0.25, 0.3) is 0 Å². The molecule has 0 atom stereocenters. The van der Waals surface area contributed by atoms with Gasteiger partial charge in [0.2, 0.25) is 15.9 Å². The SMILES string of the molecule is CCCNS(=O)(=O)c1ccc(NC(=O)CCCCl)cc1. The van der Waals surface area contributed by atoms with E-state index >= 15 is 0 Å². The van der Waals surface area contributed by atoms with E-state index in [-0.39, 0.29) is 10.8 Å². The van der Waals surface area contributed by atoms with Gasteiger partial charge in [-0.25, -0.2) is 13.1 Å². The van der Waals surface area contributed by atoms with Crippen molar-refractivity contribution in [2.75, 3.05) is 17.7 Å². The highest BCUT2D eigenvalue weighted by molar-refractivity contribution is 7.89. The van der Waals surface area contributed by atoms with Crippen LogP contribution in [0.1, 0.15) is 26.2 Å². The fourth-order valence-corrected chi connectivity index (χ4v) is 2.76. The molecule has 0 saturated heterocycles. The van der Waals surface area contributed by atoms with Gasteiger partial charge in [-0.05, 0) is 37.1 Å². The Morgan fingerprint density at radius 1 is 1.25 bits per heavy atom. The summed E-state index contributed by atoms with van der Waals surface area (Å²) in [5.41, 5.74) is 0.569. The molecule has 0 unspecified atom stereocenters. The molecule has 0 radical (unpaired) electrons. The largest absolute Gasteiger partial charge is 0.326 e. The van der Waals surface area contributed by atoms with Gasteiger partial charge >= 0.3 is 0 Å². The van der Waals surface area contributed by atoms with E-state index in [9.17, 15) is 13.2 Å². The number of alkyl halides is 1. The van der Waals surface area contributed by atoms with Gasteiger partial charge in [-0.15, -0.1) is 11.6 Å². The quantitative estimate of drug-likeness (QED) is 0.722. The second-order valence-electron chi connectivity index (χ2n) is 4.26. The third-order valence-corrected chi connectivity index (χ3v) is 4.27. The van der Waals surface area contributed by atoms with Crippen molar-refractivity contribution in [3.05, 3.63) is 24.3 Å². The van der Waals surface area contributed by atoms with Crippen molar-refractivity contribution in [3.8, 4) is 0 Å². The maximum atomic E-state index is 11.9. The van der Waals surface area contributed by atoms with Crippen LogP contribution in [0.3, 0.4) is 0 Å². The maximum Gasteiger partial charge on any atom is 0.240 e. The van der Waals surface area contributed by atoms with E-state index < -0.39 is 10.0 Å². The number of amides is 1. The van der Waals surface area contributed by atoms with Crippen LogP contribution in [0.25, 0.3) is 0 Å². The summed E-state index contributed by atoms with van der Waals surface area (Å²) in [5, 5.41) is 2.69. The molecule has 2 N–H and O–H groups in total. The third kappa shape index (κ3) is 5.48. The maximum absolute atomic E-state index is 11.9. The Morgan fingerprint density at radius 2 is 1.90 bits per heavy atom. The zero-order valence-corrected chi connectivity index (χ0v) is 12.9. The summed E-state index contributed by atoms with van der Waals surface area (Å²) in [5.74, 6) is 0.304. The van der Waals surface area contributed by atoms with Crippen molar-refractivity contribution < 1.29 is 13.2 Å². The lowest BCUT2D eigenvalue weighted by molar-refractivity contribution is -0.116. The lowest BCUT2D eigenvalue weighted by Crippen LogP contribution is -2.24. The van der Waals surface area contributed by atoms with Gasteiger partial charge in [-0.2, -0.15) is 0 Å². The Kier molecular flexibility index (Phi) is 6.98. The average Bonchev–Trinajstić information content (AvgIpc) is 2.43. The van der Waals surface area contributed by atoms with Crippen molar-refractivity contribution >= 4 is 33.2 Å². The molecule has 20 heavy (non-hydrogen) atoms. The van der Waals surface area contributed by atoms with Crippen LogP contribution < -0.4 is 10.0 Å². The monoisotopic (exact) mass is 318 g/mol. The first-order chi connectivity index (χ1) is 9.49. The first-order valence-electron chi connectivity index (χ1n) is 6.45. The van der Waals surface area contributed by atoms with Crippen LogP contribution in [0.15, 0.2) is 29.2 Å². The number of sulfonamides is 1. The second-order valence-corrected chi connectivity index (χ2v) is 6.41. The summed E-state index contributed by atoms with van der Waals surface area (Å²) in [4.78, 5) is 11.7. The Labute approximate surface area is 124 Å². The standard InChI is InChI=1S/C13H19ClN2O3S/c1-2-10-15-20(18,19)12-7-5-11(6-8-12)16-13(17)4-3-9-14/h5-8,15H,2-4,9-10H2,1H3,(H,16,17). The molecule has 112 valence electrons. The van der Waals surface area contributed by atoms with Crippen LogP contribution in [0.5, 0.6) is 0 Å². The molecule has 1 rings (SSSR count). The van der Waals surface area contributed by atoms with Gasteiger partial charge in [0, 0.05) is 24.5 Å². The summed E-state index contributed by atoms with van der Waals surface area (Å²) in [7, 11) is -3.46. The number of anilines is 1. The van der Waals surface area contributed by atoms with Crippen molar-refractivity contribution in [2.24, 2.45) is 0 Å². The lowest BCUT2D eigenvalue weighted by Gasteiger charge is -2.08. The number of hydrogen-bond donors (Lipinski definition) is 2. The minimum absolute atomic E-state index is 0.134. The molecule has 0 aromatic heterocycles. The van der Waals surface area contributed by atoms with Crippen LogP contribution in [-0.2, 0) is 14.8 Å². The molecule has 0 heterocycles. The smallest absolute Gasteiger partial charge is 0.240 e. The summed E-state index contributed by atoms with van der Waals surface area (Å²) in [6, 6.07) is 6.07. The van der Waals surface area contributed by atoms with E-state index in [1.54, 1.807) is 12.1 Å². The molecule has 0 spiro atoms. The number of nitrogens with one attached hydrogen (secondary N) is 2. The molecule has 7 heteroatoms. The van der Waals surface area contributed by atoms with Crippen LogP contribution in [0, 0.1) is 0 Å². The van der Waals surface area contributed by atoms with E-state index in [0.717, 1.165) is 6.42 Å². The molecular weight excluding hydrogens is 300 g/mol. The molecule has 1 aromatic carbocycles. The molecule has 5 nitrogen and oxygen atoms in total. The molecule has 0 bridgehead atoms. The van der Waals surface area contributed by atoms with Crippen molar-refractivity contribution in [2.45, 2.75) is 31.1 Å². The fourth-order valence-electron chi connectivity index (χ4n) is 1.49. The number of hydrogen-bond acceptors (Lipinski definition) is 3. The van der Waals surface area contributed by atoms with Crippen molar-refractivity contribution in [1.29, 1.82) is 0 Å². The van der Waals surface area contributed by atoms with E-state index in [2.05, 4.69) is 10.0 Å². The Balaban J connectivity index is 2.67. The molecular formula is C13H19ClN2O3S. The van der Waals surface area contributed by atoms with Crippen LogP contribution in [0.4, 0.5) is 5.69 Å². The summed E-state index contributed by atoms with van der Waals surface area (Å²) in [6.07, 6.45) is 1.69. The second kappa shape index (κ2) is 8.24. The topological polar surface area (TPSA) is 75.3 Å². The molecule has 0 fully saturated rings. The van der Waals surface area contributed by atoms with Gasteiger partial charge in [-0.3, -0.25) is 4.79 Å². The Morgan fingerprint density at radius 3 is 2.45 bits per heavy atom. The highest BCUT2D eigenvalue weighted by Crippen LogP contribution is 2.14. The van der Waals surface area contributed by atoms with Gasteiger partial charge in [-0.1, -0.05) is 6.92 Å². The molecule has 1 amide bonds. The van der Waals surface area contributed by atoms with E-state index in [1.165, 1.54) is 12.1 Å². The van der Waals surface area contributed by atoms with Crippen molar-refractivity contribution in [3.63, 3.8) is 0 Å². The molecule has 0 aliphatic rings. The van der Waals surface area contributed by atoms with Crippen LogP contribution in [0.2, 0.25) is 0 Å². The number of halogens is 1. The van der Waals surface area contributed by atoms with Crippen molar-refractivity contribution in [1.82, 2.24) is 4.72 Å². The zero-order valence-electron chi connectivity index (χ0n) is 11.4. The Bertz CT molecular complexity index is 529. The van der Waals surface area contributed by atoms with Gasteiger partial charge in [0.1, 0.15) is 0 Å². The first-order valence-corrected chi connectivity index (χ1v) is 8.47. The number of benzene rings is 1. The van der Waals surface area contributed by atoms with E-state index in [0.29, 0.717) is 31.0 Å². The predicted octanol–water partition coefficient (Wildman–Crippen LogP) is 2.33. The average molecular weight is 319 g/mol. The summed E-state index contributed by atoms with van der Waals surface area (Å²) in [6.45, 7) is 2.29. The molecule has 1 aromatic rings. The minimum Gasteiger partial charge on any atom is -0.326 e. The zero-order chi connectivity index (χ0) is 15.0. The van der Waals surface area contributed by atoms with Crippen LogP contribution >= 0.6 is 11.6 Å². The van der Waals surface area contributed by atoms with Gasteiger partial charge < -0.3 is 5.32 Å². The van der Waals surface area contributed by atoms with Gasteiger partial charge in [0.05, 0.1) is 4.90 Å². The minimum atomic E-state index is -3.46. The number of rotatable bonds is 8. The predicted molar refractivity (Wildman–Crippen MR) is 80.5 cm³/mol. The Hall–Kier alpha value is -1.11. The molecule has 0 aliphatic carbocycles. The van der Waals surface area contributed by atoms with E-state index in [1.807, 2.05) is 6.92 Å². The third-order valence-electron chi connectivity index (χ3n) is 2.53. The molecule has 0 saturated carbocycles. The molecule has 0 aliphatic heterocycles. The highest BCUT2D eigenvalue weighted by atomic mass is 35.5. The van der Waals surface area contributed by atoms with E-state index in [4.69, 9.17) is 11.6 Å². The summed E-state index contributed by atoms with van der Waals surface area (Å²) < 4.78 is 26.2. The highest BCUT2D eigenvalue weighted by Gasteiger charge is 2.12. The normalized spacial score (nSPS) is 11.3. The summed E-state index contributed by atoms with van der Waals surface area (Å²) >= 11 is 5.51. The first kappa shape index (κ1) is 16.9. The fraction of sp³-hybridized carbons (Fsp3) is 0.462. The number of carbonyl (C=O) groups is 1. The van der Waals surface area contributed by atoms with Gasteiger partial charge in [0.15, 0.2) is 0 Å². The lowest BCUT2D eigenvalue weighted by atomic mass is 10.3.